The highest BCUT2D eigenvalue weighted by atomic mass is 16.4. The number of hydrogen-bond acceptors (Lipinski definition) is 2. The van der Waals surface area contributed by atoms with Crippen molar-refractivity contribution in [1.82, 2.24) is 10.2 Å². The maximum Gasteiger partial charge on any atom is 0.317 e. The number of nitrogens with one attached hydrogen (secondary N) is 1. The van der Waals surface area contributed by atoms with E-state index < -0.39 is 11.4 Å². The molecule has 0 radical (unpaired) electrons. The molecule has 0 aromatic heterocycles. The Bertz CT molecular complexity index is 397. The van der Waals surface area contributed by atoms with Crippen molar-refractivity contribution in [3.63, 3.8) is 0 Å². The molecule has 5 heteroatoms. The van der Waals surface area contributed by atoms with Gasteiger partial charge in [0.15, 0.2) is 0 Å². The van der Waals surface area contributed by atoms with Crippen LogP contribution in [0.15, 0.2) is 12.2 Å². The zero-order valence-corrected chi connectivity index (χ0v) is 11.6. The van der Waals surface area contributed by atoms with Gasteiger partial charge in [0, 0.05) is 19.1 Å². The Morgan fingerprint density at radius 2 is 2.00 bits per heavy atom. The molecule has 2 rings (SSSR count). The van der Waals surface area contributed by atoms with E-state index in [0.717, 1.165) is 12.8 Å². The molecule has 2 N–H and O–H groups in total. The smallest absolute Gasteiger partial charge is 0.317 e. The minimum Gasteiger partial charge on any atom is -0.481 e. The third kappa shape index (κ3) is 2.60. The van der Waals surface area contributed by atoms with E-state index in [1.807, 2.05) is 13.8 Å². The van der Waals surface area contributed by atoms with Gasteiger partial charge in [-0.15, -0.1) is 0 Å². The summed E-state index contributed by atoms with van der Waals surface area (Å²) < 4.78 is 0. The molecule has 19 heavy (non-hydrogen) atoms. The standard InChI is InChI=1S/C14H22N2O3/c1-10(2)14(12(17)18)7-8-16(9-14)13(19)15-11-5-3-4-6-11/h3-4,10-11H,5-9H2,1-2H3,(H,15,19)(H,17,18). The molecule has 1 fully saturated rings. The number of hydrogen-bond donors (Lipinski definition) is 2. The molecule has 1 aliphatic carbocycles. The lowest BCUT2D eigenvalue weighted by molar-refractivity contribution is -0.150. The Kier molecular flexibility index (Phi) is 3.83. The lowest BCUT2D eigenvalue weighted by Crippen LogP contribution is -2.46. The molecule has 1 saturated heterocycles. The Morgan fingerprint density at radius 3 is 2.47 bits per heavy atom. The van der Waals surface area contributed by atoms with Gasteiger partial charge in [0.1, 0.15) is 0 Å². The first-order valence-electron chi connectivity index (χ1n) is 6.89. The molecule has 0 saturated carbocycles. The van der Waals surface area contributed by atoms with Crippen molar-refractivity contribution in [3.8, 4) is 0 Å². The topological polar surface area (TPSA) is 69.6 Å². The molecule has 2 amide bonds. The minimum absolute atomic E-state index is 0.0240. The third-order valence-corrected chi connectivity index (χ3v) is 4.45. The Hall–Kier alpha value is -1.52. The lowest BCUT2D eigenvalue weighted by atomic mass is 9.76. The normalized spacial score (nSPS) is 27.2. The summed E-state index contributed by atoms with van der Waals surface area (Å²) in [4.78, 5) is 25.3. The molecule has 106 valence electrons. The zero-order valence-electron chi connectivity index (χ0n) is 11.6. The summed E-state index contributed by atoms with van der Waals surface area (Å²) in [5.41, 5.74) is -0.786. The number of carbonyl (C=O) groups is 2. The molecule has 0 aromatic carbocycles. The van der Waals surface area contributed by atoms with E-state index in [2.05, 4.69) is 17.5 Å². The number of likely N-dealkylation sites (tertiary alicyclic amines) is 1. The third-order valence-electron chi connectivity index (χ3n) is 4.45. The molecule has 1 aliphatic heterocycles. The highest BCUT2D eigenvalue weighted by Gasteiger charge is 2.48. The molecular formula is C14H22N2O3. The summed E-state index contributed by atoms with van der Waals surface area (Å²) in [7, 11) is 0. The molecular weight excluding hydrogens is 244 g/mol. The molecule has 1 heterocycles. The van der Waals surface area contributed by atoms with Crippen LogP contribution in [-0.4, -0.2) is 41.1 Å². The highest BCUT2D eigenvalue weighted by Crippen LogP contribution is 2.38. The Morgan fingerprint density at radius 1 is 1.37 bits per heavy atom. The molecule has 2 aliphatic rings. The largest absolute Gasteiger partial charge is 0.481 e. The van der Waals surface area contributed by atoms with Gasteiger partial charge in [0.2, 0.25) is 0 Å². The van der Waals surface area contributed by atoms with Crippen molar-refractivity contribution in [2.75, 3.05) is 13.1 Å². The maximum absolute atomic E-state index is 12.1. The van der Waals surface area contributed by atoms with Crippen LogP contribution in [0.5, 0.6) is 0 Å². The second-order valence-corrected chi connectivity index (χ2v) is 5.88. The van der Waals surface area contributed by atoms with Gasteiger partial charge in [0.25, 0.3) is 0 Å². The van der Waals surface area contributed by atoms with Crippen molar-refractivity contribution >= 4 is 12.0 Å². The molecule has 0 aromatic rings. The van der Waals surface area contributed by atoms with Crippen molar-refractivity contribution < 1.29 is 14.7 Å². The second-order valence-electron chi connectivity index (χ2n) is 5.88. The number of amides is 2. The average molecular weight is 266 g/mol. The number of carboxylic acid groups (broad SMARTS) is 1. The average Bonchev–Trinajstić information content (AvgIpc) is 2.97. The molecule has 0 bridgehead atoms. The molecule has 5 nitrogen and oxygen atoms in total. The highest BCUT2D eigenvalue weighted by molar-refractivity contribution is 5.80. The van der Waals surface area contributed by atoms with Crippen LogP contribution in [0.4, 0.5) is 4.79 Å². The summed E-state index contributed by atoms with van der Waals surface area (Å²) in [6.07, 6.45) is 6.40. The van der Waals surface area contributed by atoms with E-state index in [9.17, 15) is 14.7 Å². The fourth-order valence-electron chi connectivity index (χ4n) is 2.90. The fourth-order valence-corrected chi connectivity index (χ4v) is 2.90. The van der Waals surface area contributed by atoms with Crippen LogP contribution in [0.2, 0.25) is 0 Å². The van der Waals surface area contributed by atoms with Crippen molar-refractivity contribution in [3.05, 3.63) is 12.2 Å². The molecule has 1 unspecified atom stereocenters. The number of carbonyl (C=O) groups excluding carboxylic acids is 1. The first kappa shape index (κ1) is 13.9. The van der Waals surface area contributed by atoms with Crippen molar-refractivity contribution in [2.24, 2.45) is 11.3 Å². The summed E-state index contributed by atoms with van der Waals surface area (Å²) in [5, 5.41) is 12.4. The summed E-state index contributed by atoms with van der Waals surface area (Å²) in [6.45, 7) is 4.66. The number of urea groups is 1. The Labute approximate surface area is 113 Å². The SMILES string of the molecule is CC(C)C1(C(=O)O)CCN(C(=O)NC2CC=CC2)C1. The van der Waals surface area contributed by atoms with Gasteiger partial charge >= 0.3 is 12.0 Å². The lowest BCUT2D eigenvalue weighted by Gasteiger charge is -2.29. The van der Waals surface area contributed by atoms with Crippen LogP contribution >= 0.6 is 0 Å². The van der Waals surface area contributed by atoms with Crippen molar-refractivity contribution in [1.29, 1.82) is 0 Å². The van der Waals surface area contributed by atoms with Crippen LogP contribution in [0.1, 0.15) is 33.1 Å². The summed E-state index contributed by atoms with van der Waals surface area (Å²) in [5.74, 6) is -0.767. The van der Waals surface area contributed by atoms with E-state index in [-0.39, 0.29) is 18.0 Å². The zero-order chi connectivity index (χ0) is 14.0. The van der Waals surface area contributed by atoms with Crippen LogP contribution in [0.3, 0.4) is 0 Å². The predicted octanol–water partition coefficient (Wildman–Crippen LogP) is 1.85. The fraction of sp³-hybridized carbons (Fsp3) is 0.714. The minimum atomic E-state index is -0.791. The summed E-state index contributed by atoms with van der Waals surface area (Å²) >= 11 is 0. The second kappa shape index (κ2) is 5.23. The van der Waals surface area contributed by atoms with Crippen molar-refractivity contribution in [2.45, 2.75) is 39.2 Å². The van der Waals surface area contributed by atoms with Gasteiger partial charge in [-0.2, -0.15) is 0 Å². The first-order chi connectivity index (χ1) is 8.95. The van der Waals surface area contributed by atoms with Gasteiger partial charge in [-0.05, 0) is 25.2 Å². The van der Waals surface area contributed by atoms with Gasteiger partial charge in [-0.1, -0.05) is 26.0 Å². The van der Waals surface area contributed by atoms with E-state index in [1.54, 1.807) is 4.90 Å². The van der Waals surface area contributed by atoms with Crippen LogP contribution in [0, 0.1) is 11.3 Å². The van der Waals surface area contributed by atoms with Gasteiger partial charge in [0.05, 0.1) is 5.41 Å². The van der Waals surface area contributed by atoms with E-state index >= 15 is 0 Å². The molecule has 0 spiro atoms. The monoisotopic (exact) mass is 266 g/mol. The summed E-state index contributed by atoms with van der Waals surface area (Å²) in [6, 6.07) is 0.0452. The molecule has 1 atom stereocenters. The number of nitrogens with zero attached hydrogens (tertiary/aromatic N) is 1. The maximum atomic E-state index is 12.1. The number of carboxylic acids is 1. The predicted molar refractivity (Wildman–Crippen MR) is 71.8 cm³/mol. The number of rotatable bonds is 3. The van der Waals surface area contributed by atoms with Crippen LogP contribution < -0.4 is 5.32 Å². The van der Waals surface area contributed by atoms with Gasteiger partial charge in [-0.25, -0.2) is 4.79 Å². The quantitative estimate of drug-likeness (QED) is 0.766. The van der Waals surface area contributed by atoms with E-state index in [4.69, 9.17) is 0 Å². The van der Waals surface area contributed by atoms with E-state index in [0.29, 0.717) is 19.5 Å². The first-order valence-corrected chi connectivity index (χ1v) is 6.89. The van der Waals surface area contributed by atoms with Crippen LogP contribution in [-0.2, 0) is 4.79 Å². The van der Waals surface area contributed by atoms with Gasteiger partial charge in [-0.3, -0.25) is 4.79 Å². The number of aliphatic carboxylic acids is 1. The van der Waals surface area contributed by atoms with Gasteiger partial charge < -0.3 is 15.3 Å². The van der Waals surface area contributed by atoms with E-state index in [1.165, 1.54) is 0 Å². The Balaban J connectivity index is 1.96. The van der Waals surface area contributed by atoms with Crippen LogP contribution in [0.25, 0.3) is 0 Å².